The van der Waals surface area contributed by atoms with Crippen LogP contribution < -0.4 is 0 Å². The fourth-order valence-corrected chi connectivity index (χ4v) is 4.35. The Kier molecular flexibility index (Phi) is 5.58. The van der Waals surface area contributed by atoms with Crippen molar-refractivity contribution in [2.24, 2.45) is 0 Å². The molecule has 1 saturated heterocycles. The van der Waals surface area contributed by atoms with Crippen LogP contribution in [0.4, 0.5) is 0 Å². The standard InChI is InChI=1S/C15H24NO4P/c1-4-19-21(18,20-5-2)15(17)14-11-16(14)12(3)13-9-7-6-8-10-13/h6-10,12,14-15,17H,4-5,11H2,1-3H3/t12-,14+,15-,16?/m1/s1. The predicted molar refractivity (Wildman–Crippen MR) is 82.2 cm³/mol. The van der Waals surface area contributed by atoms with Gasteiger partial charge in [0.05, 0.1) is 19.3 Å². The van der Waals surface area contributed by atoms with Gasteiger partial charge in [-0.3, -0.25) is 9.46 Å². The number of hydrogen-bond acceptors (Lipinski definition) is 5. The lowest BCUT2D eigenvalue weighted by Crippen LogP contribution is -2.23. The van der Waals surface area contributed by atoms with Crippen molar-refractivity contribution in [3.63, 3.8) is 0 Å². The highest BCUT2D eigenvalue weighted by Crippen LogP contribution is 2.56. The Morgan fingerprint density at radius 1 is 1.29 bits per heavy atom. The number of benzene rings is 1. The van der Waals surface area contributed by atoms with Crippen molar-refractivity contribution >= 4 is 7.60 Å². The molecule has 0 aromatic heterocycles. The van der Waals surface area contributed by atoms with E-state index in [9.17, 15) is 9.67 Å². The first-order valence-corrected chi connectivity index (χ1v) is 9.02. The summed E-state index contributed by atoms with van der Waals surface area (Å²) in [6.45, 7) is 6.78. The minimum atomic E-state index is -3.46. The van der Waals surface area contributed by atoms with E-state index in [1.807, 2.05) is 18.2 Å². The third-order valence-electron chi connectivity index (χ3n) is 3.76. The van der Waals surface area contributed by atoms with Crippen LogP contribution in [0.3, 0.4) is 0 Å². The van der Waals surface area contributed by atoms with Crippen LogP contribution >= 0.6 is 7.60 Å². The Morgan fingerprint density at radius 2 is 1.86 bits per heavy atom. The number of aliphatic hydroxyl groups excluding tert-OH is 1. The molecule has 1 N–H and O–H groups in total. The second kappa shape index (κ2) is 7.03. The first-order valence-electron chi connectivity index (χ1n) is 7.41. The number of rotatable bonds is 8. The van der Waals surface area contributed by atoms with Crippen molar-refractivity contribution in [2.75, 3.05) is 19.8 Å². The van der Waals surface area contributed by atoms with E-state index in [0.29, 0.717) is 6.54 Å². The van der Waals surface area contributed by atoms with E-state index in [4.69, 9.17) is 9.05 Å². The number of hydrogen-bond donors (Lipinski definition) is 1. The molecule has 1 aliphatic rings. The largest absolute Gasteiger partial charge is 0.379 e. The molecule has 1 aliphatic heterocycles. The van der Waals surface area contributed by atoms with Crippen LogP contribution in [-0.2, 0) is 13.6 Å². The molecule has 0 aliphatic carbocycles. The molecule has 1 aromatic rings. The molecule has 0 saturated carbocycles. The second-order valence-electron chi connectivity index (χ2n) is 5.14. The van der Waals surface area contributed by atoms with E-state index in [1.165, 1.54) is 5.56 Å². The van der Waals surface area contributed by atoms with Gasteiger partial charge >= 0.3 is 7.60 Å². The summed E-state index contributed by atoms with van der Waals surface area (Å²) in [5, 5.41) is 10.4. The van der Waals surface area contributed by atoms with Crippen molar-refractivity contribution in [2.45, 2.75) is 38.7 Å². The maximum atomic E-state index is 12.6. The lowest BCUT2D eigenvalue weighted by molar-refractivity contribution is 0.137. The summed E-state index contributed by atoms with van der Waals surface area (Å²) in [6, 6.07) is 10.1. The predicted octanol–water partition coefficient (Wildman–Crippen LogP) is 3.02. The van der Waals surface area contributed by atoms with Gasteiger partial charge in [0.15, 0.2) is 5.85 Å². The molecular formula is C15H24NO4P. The van der Waals surface area contributed by atoms with Gasteiger partial charge in [0.25, 0.3) is 0 Å². The molecule has 0 bridgehead atoms. The fourth-order valence-electron chi connectivity index (χ4n) is 2.56. The summed E-state index contributed by atoms with van der Waals surface area (Å²) in [5.41, 5.74) is 1.18. The van der Waals surface area contributed by atoms with Gasteiger partial charge in [0.2, 0.25) is 0 Å². The molecule has 21 heavy (non-hydrogen) atoms. The molecule has 4 atom stereocenters. The summed E-state index contributed by atoms with van der Waals surface area (Å²) in [5.74, 6) is -1.09. The molecule has 1 heterocycles. The van der Waals surface area contributed by atoms with E-state index in [-0.39, 0.29) is 25.3 Å². The lowest BCUT2D eigenvalue weighted by atomic mass is 10.1. The monoisotopic (exact) mass is 313 g/mol. The lowest BCUT2D eigenvalue weighted by Gasteiger charge is -2.23. The van der Waals surface area contributed by atoms with Crippen LogP contribution in [0.25, 0.3) is 0 Å². The Bertz CT molecular complexity index is 486. The summed E-state index contributed by atoms with van der Waals surface area (Å²) in [6.07, 6.45) is 0. The van der Waals surface area contributed by atoms with Crippen LogP contribution in [0.5, 0.6) is 0 Å². The van der Waals surface area contributed by atoms with E-state index >= 15 is 0 Å². The molecule has 118 valence electrons. The second-order valence-corrected chi connectivity index (χ2v) is 7.26. The molecule has 0 spiro atoms. The highest BCUT2D eigenvalue weighted by molar-refractivity contribution is 7.54. The maximum Gasteiger partial charge on any atom is 0.360 e. The maximum absolute atomic E-state index is 12.6. The van der Waals surface area contributed by atoms with Crippen LogP contribution in [0, 0.1) is 0 Å². The van der Waals surface area contributed by atoms with Crippen LogP contribution in [0.1, 0.15) is 32.4 Å². The minimum Gasteiger partial charge on any atom is -0.379 e. The van der Waals surface area contributed by atoms with E-state index in [1.54, 1.807) is 13.8 Å². The highest BCUT2D eigenvalue weighted by Gasteiger charge is 2.51. The molecular weight excluding hydrogens is 289 g/mol. The van der Waals surface area contributed by atoms with Gasteiger partial charge in [-0.25, -0.2) is 0 Å². The van der Waals surface area contributed by atoms with E-state index < -0.39 is 13.4 Å². The first-order chi connectivity index (χ1) is 10.0. The molecule has 6 heteroatoms. The van der Waals surface area contributed by atoms with Crippen molar-refractivity contribution < 1.29 is 18.7 Å². The van der Waals surface area contributed by atoms with Gasteiger partial charge < -0.3 is 14.2 Å². The van der Waals surface area contributed by atoms with Gasteiger partial charge in [-0.15, -0.1) is 0 Å². The third kappa shape index (κ3) is 3.74. The molecule has 5 nitrogen and oxygen atoms in total. The van der Waals surface area contributed by atoms with Gasteiger partial charge in [0.1, 0.15) is 0 Å². The molecule has 1 aromatic carbocycles. The van der Waals surface area contributed by atoms with Crippen molar-refractivity contribution in [3.8, 4) is 0 Å². The topological polar surface area (TPSA) is 58.8 Å². The number of nitrogens with zero attached hydrogens (tertiary/aromatic N) is 1. The van der Waals surface area contributed by atoms with Crippen molar-refractivity contribution in [1.29, 1.82) is 0 Å². The third-order valence-corrected chi connectivity index (χ3v) is 5.98. The smallest absolute Gasteiger partial charge is 0.360 e. The molecule has 2 rings (SSSR count). The summed E-state index contributed by atoms with van der Waals surface area (Å²) in [7, 11) is -3.46. The van der Waals surface area contributed by atoms with Gasteiger partial charge in [-0.1, -0.05) is 30.3 Å². The number of aliphatic hydroxyl groups is 1. The van der Waals surface area contributed by atoms with Gasteiger partial charge in [-0.2, -0.15) is 0 Å². The summed E-state index contributed by atoms with van der Waals surface area (Å²) >= 11 is 0. The average Bonchev–Trinajstić information content (AvgIpc) is 3.27. The SMILES string of the molecule is CCOP(=O)(OCC)[C@@H](O)[C@@H]1CN1[C@H](C)c1ccccc1. The summed E-state index contributed by atoms with van der Waals surface area (Å²) < 4.78 is 23.0. The Hall–Kier alpha value is -0.710. The van der Waals surface area contributed by atoms with Gasteiger partial charge in [0, 0.05) is 12.6 Å². The normalized spacial score (nSPS) is 24.6. The quantitative estimate of drug-likeness (QED) is 0.590. The molecule has 1 fully saturated rings. The molecule has 1 unspecified atom stereocenters. The average molecular weight is 313 g/mol. The fraction of sp³-hybridized carbons (Fsp3) is 0.600. The Labute approximate surface area is 126 Å². The van der Waals surface area contributed by atoms with E-state index in [2.05, 4.69) is 24.0 Å². The van der Waals surface area contributed by atoms with Crippen molar-refractivity contribution in [3.05, 3.63) is 35.9 Å². The van der Waals surface area contributed by atoms with Gasteiger partial charge in [-0.05, 0) is 26.3 Å². The zero-order chi connectivity index (χ0) is 15.5. The Morgan fingerprint density at radius 3 is 2.38 bits per heavy atom. The summed E-state index contributed by atoms with van der Waals surface area (Å²) in [4.78, 5) is 2.10. The van der Waals surface area contributed by atoms with Crippen molar-refractivity contribution in [1.82, 2.24) is 4.90 Å². The van der Waals surface area contributed by atoms with Crippen LogP contribution in [0.2, 0.25) is 0 Å². The van der Waals surface area contributed by atoms with Crippen LogP contribution in [-0.4, -0.2) is 41.7 Å². The first kappa shape index (κ1) is 16.7. The molecule has 0 amide bonds. The minimum absolute atomic E-state index is 0.169. The molecule has 0 radical (unpaired) electrons. The zero-order valence-electron chi connectivity index (χ0n) is 12.8. The Balaban J connectivity index is 2.03. The van der Waals surface area contributed by atoms with E-state index in [0.717, 1.165) is 0 Å². The highest BCUT2D eigenvalue weighted by atomic mass is 31.2. The van der Waals surface area contributed by atoms with Crippen LogP contribution in [0.15, 0.2) is 30.3 Å². The zero-order valence-corrected chi connectivity index (χ0v) is 13.7.